The highest BCUT2D eigenvalue weighted by Crippen LogP contribution is 2.38. The van der Waals surface area contributed by atoms with Gasteiger partial charge in [-0.3, -0.25) is 0 Å². The summed E-state index contributed by atoms with van der Waals surface area (Å²) in [5.74, 6) is -1.51. The van der Waals surface area contributed by atoms with Crippen LogP contribution in [0.3, 0.4) is 0 Å². The Balaban J connectivity index is 1.29. The molecular weight excluding hydrogens is 641 g/mol. The average Bonchev–Trinajstić information content (AvgIpc) is 2.96. The molecule has 0 unspecified atom stereocenters. The number of alkyl halides is 6. The summed E-state index contributed by atoms with van der Waals surface area (Å²) in [6.45, 7) is -0.643. The predicted octanol–water partition coefficient (Wildman–Crippen LogP) is 9.63. The van der Waals surface area contributed by atoms with Crippen LogP contribution in [0.15, 0.2) is 84.9 Å². The van der Waals surface area contributed by atoms with Crippen LogP contribution in [-0.4, -0.2) is 25.2 Å². The van der Waals surface area contributed by atoms with E-state index >= 15 is 0 Å². The van der Waals surface area contributed by atoms with Crippen LogP contribution in [0, 0.1) is 0 Å². The molecule has 230 valence electrons. The van der Waals surface area contributed by atoms with E-state index in [2.05, 4.69) is 0 Å². The van der Waals surface area contributed by atoms with Gasteiger partial charge in [-0.15, -0.1) is 0 Å². The van der Waals surface area contributed by atoms with Crippen LogP contribution in [0.25, 0.3) is 0 Å². The fourth-order valence-electron chi connectivity index (χ4n) is 3.58. The highest BCUT2D eigenvalue weighted by atomic mass is 35.5. The van der Waals surface area contributed by atoms with E-state index in [1.54, 1.807) is 0 Å². The van der Waals surface area contributed by atoms with Crippen molar-refractivity contribution in [1.82, 2.24) is 0 Å². The number of halogens is 8. The van der Waals surface area contributed by atoms with Gasteiger partial charge in [0.25, 0.3) is 0 Å². The maximum Gasteiger partial charge on any atom is 0.416 e. The van der Waals surface area contributed by atoms with E-state index in [1.807, 2.05) is 0 Å². The number of esters is 2. The fourth-order valence-corrected chi connectivity index (χ4v) is 4.02. The molecule has 0 aliphatic carbocycles. The van der Waals surface area contributed by atoms with E-state index in [4.69, 9.17) is 42.1 Å². The van der Waals surface area contributed by atoms with Crippen molar-refractivity contribution in [3.63, 3.8) is 0 Å². The van der Waals surface area contributed by atoms with Crippen molar-refractivity contribution in [3.05, 3.63) is 117 Å². The van der Waals surface area contributed by atoms with Gasteiger partial charge >= 0.3 is 24.3 Å². The Hall–Kier alpha value is -4.42. The van der Waals surface area contributed by atoms with Gasteiger partial charge in [-0.2, -0.15) is 26.3 Å². The SMILES string of the molecule is O=C(OCCOC(=O)c1cccc(Oc2ccc(C(F)(F)F)cc2Cl)c1)c1cccc(Oc2ccc(C(F)(F)F)cc2Cl)c1. The fraction of sp³-hybridized carbons (Fsp3) is 0.133. The lowest BCUT2D eigenvalue weighted by Gasteiger charge is -2.12. The minimum atomic E-state index is -4.58. The second-order valence-corrected chi connectivity index (χ2v) is 9.63. The first-order valence-corrected chi connectivity index (χ1v) is 13.1. The summed E-state index contributed by atoms with van der Waals surface area (Å²) < 4.78 is 98.3. The number of carbonyl (C=O) groups excluding carboxylic acids is 2. The molecule has 4 aromatic carbocycles. The number of hydrogen-bond donors (Lipinski definition) is 0. The largest absolute Gasteiger partial charge is 0.458 e. The van der Waals surface area contributed by atoms with Gasteiger partial charge in [-0.25, -0.2) is 9.59 Å². The topological polar surface area (TPSA) is 71.1 Å². The molecule has 0 aliphatic rings. The average molecular weight is 659 g/mol. The van der Waals surface area contributed by atoms with Crippen LogP contribution < -0.4 is 9.47 Å². The maximum absolute atomic E-state index is 12.9. The predicted molar refractivity (Wildman–Crippen MR) is 147 cm³/mol. The van der Waals surface area contributed by atoms with Crippen LogP contribution in [0.4, 0.5) is 26.3 Å². The third-order valence-electron chi connectivity index (χ3n) is 5.66. The molecule has 0 spiro atoms. The van der Waals surface area contributed by atoms with Crippen LogP contribution >= 0.6 is 23.2 Å². The van der Waals surface area contributed by atoms with Gasteiger partial charge in [0, 0.05) is 0 Å². The smallest absolute Gasteiger partial charge is 0.416 e. The Labute approximate surface area is 255 Å². The Bertz CT molecular complexity index is 1550. The molecule has 0 fully saturated rings. The van der Waals surface area contributed by atoms with Crippen molar-refractivity contribution in [2.24, 2.45) is 0 Å². The number of carbonyl (C=O) groups is 2. The third-order valence-corrected chi connectivity index (χ3v) is 6.25. The van der Waals surface area contributed by atoms with Gasteiger partial charge in [0.15, 0.2) is 0 Å². The lowest BCUT2D eigenvalue weighted by molar-refractivity contribution is -0.138. The summed E-state index contributed by atoms with van der Waals surface area (Å²) in [6, 6.07) is 16.4. The maximum atomic E-state index is 12.9. The van der Waals surface area contributed by atoms with E-state index in [0.29, 0.717) is 12.1 Å². The van der Waals surface area contributed by atoms with Gasteiger partial charge in [0.2, 0.25) is 0 Å². The Morgan fingerprint density at radius 1 is 0.568 bits per heavy atom. The first kappa shape index (κ1) is 32.5. The van der Waals surface area contributed by atoms with E-state index < -0.39 is 35.4 Å². The molecule has 14 heteroatoms. The van der Waals surface area contributed by atoms with Crippen LogP contribution in [0.1, 0.15) is 31.8 Å². The van der Waals surface area contributed by atoms with Crippen molar-refractivity contribution in [2.75, 3.05) is 13.2 Å². The normalized spacial score (nSPS) is 11.5. The molecule has 6 nitrogen and oxygen atoms in total. The molecule has 0 heterocycles. The number of hydrogen-bond acceptors (Lipinski definition) is 6. The quantitative estimate of drug-likeness (QED) is 0.101. The number of ether oxygens (including phenoxy) is 4. The number of benzene rings is 4. The molecule has 44 heavy (non-hydrogen) atoms. The Morgan fingerprint density at radius 2 is 0.955 bits per heavy atom. The molecule has 0 bridgehead atoms. The molecule has 0 amide bonds. The van der Waals surface area contributed by atoms with Crippen molar-refractivity contribution >= 4 is 35.1 Å². The standard InChI is InChI=1S/C30H18Cl2F6O6/c31-23-15-19(29(33,34)35)7-9-25(23)43-21-5-1-3-17(13-21)27(39)41-11-12-42-28(40)18-4-2-6-22(14-18)44-26-10-8-20(16-24(26)32)30(36,37)38/h1-10,13-16H,11-12H2. The summed E-state index contributed by atoms with van der Waals surface area (Å²) in [5, 5.41) is -0.565. The minimum Gasteiger partial charge on any atom is -0.458 e. The Kier molecular flexibility index (Phi) is 9.95. The van der Waals surface area contributed by atoms with Crippen LogP contribution in [0.5, 0.6) is 23.0 Å². The molecule has 0 atom stereocenters. The molecule has 0 saturated heterocycles. The first-order chi connectivity index (χ1) is 20.7. The zero-order valence-corrected chi connectivity index (χ0v) is 23.5. The monoisotopic (exact) mass is 658 g/mol. The first-order valence-electron chi connectivity index (χ1n) is 12.3. The molecule has 4 rings (SSSR count). The highest BCUT2D eigenvalue weighted by molar-refractivity contribution is 6.32. The lowest BCUT2D eigenvalue weighted by atomic mass is 10.2. The van der Waals surface area contributed by atoms with Crippen LogP contribution in [0.2, 0.25) is 10.0 Å². The summed E-state index contributed by atoms with van der Waals surface area (Å²) in [4.78, 5) is 24.9. The van der Waals surface area contributed by atoms with Gasteiger partial charge in [-0.05, 0) is 72.8 Å². The van der Waals surface area contributed by atoms with E-state index in [-0.39, 0.29) is 57.4 Å². The molecule has 0 radical (unpaired) electrons. The van der Waals surface area contributed by atoms with E-state index in [0.717, 1.165) is 24.3 Å². The highest BCUT2D eigenvalue weighted by Gasteiger charge is 2.32. The van der Waals surface area contributed by atoms with Gasteiger partial charge in [-0.1, -0.05) is 35.3 Å². The second kappa shape index (κ2) is 13.5. The van der Waals surface area contributed by atoms with Crippen molar-refractivity contribution in [1.29, 1.82) is 0 Å². The molecule has 0 aliphatic heterocycles. The van der Waals surface area contributed by atoms with Crippen LogP contribution in [-0.2, 0) is 21.8 Å². The zero-order chi connectivity index (χ0) is 32.1. The minimum absolute atomic E-state index is 0.0450. The molecule has 0 aromatic heterocycles. The summed E-state index contributed by atoms with van der Waals surface area (Å²) in [5.41, 5.74) is -1.80. The van der Waals surface area contributed by atoms with Gasteiger partial charge in [0.1, 0.15) is 36.2 Å². The van der Waals surface area contributed by atoms with Gasteiger partial charge in [0.05, 0.1) is 32.3 Å². The van der Waals surface area contributed by atoms with Crippen molar-refractivity contribution in [2.45, 2.75) is 12.4 Å². The zero-order valence-electron chi connectivity index (χ0n) is 22.0. The van der Waals surface area contributed by atoms with Crippen molar-refractivity contribution < 1.29 is 54.9 Å². The summed E-state index contributed by atoms with van der Waals surface area (Å²) in [7, 11) is 0. The summed E-state index contributed by atoms with van der Waals surface area (Å²) >= 11 is 11.8. The van der Waals surface area contributed by atoms with Crippen molar-refractivity contribution in [3.8, 4) is 23.0 Å². The lowest BCUT2D eigenvalue weighted by Crippen LogP contribution is -2.14. The summed E-state index contributed by atoms with van der Waals surface area (Å²) in [6.07, 6.45) is -9.16. The third kappa shape index (κ3) is 8.57. The molecule has 0 N–H and O–H groups in total. The molecule has 4 aromatic rings. The van der Waals surface area contributed by atoms with E-state index in [1.165, 1.54) is 48.5 Å². The molecule has 0 saturated carbocycles. The molecular formula is C30H18Cl2F6O6. The van der Waals surface area contributed by atoms with E-state index in [9.17, 15) is 35.9 Å². The second-order valence-electron chi connectivity index (χ2n) is 8.82. The Morgan fingerprint density at radius 3 is 1.30 bits per heavy atom. The number of rotatable bonds is 9. The van der Waals surface area contributed by atoms with Gasteiger partial charge < -0.3 is 18.9 Å².